The number of hydrogen-bond acceptors (Lipinski definition) is 4. The Labute approximate surface area is 126 Å². The summed E-state index contributed by atoms with van der Waals surface area (Å²) in [5.74, 6) is -0.508. The maximum atomic E-state index is 13.2. The number of ketones is 1. The number of rotatable bonds is 8. The first kappa shape index (κ1) is 17.6. The van der Waals surface area contributed by atoms with Gasteiger partial charge in [0.05, 0.1) is 12.1 Å². The van der Waals surface area contributed by atoms with Crippen LogP contribution in [-0.2, 0) is 0 Å². The number of benzene rings is 1. The van der Waals surface area contributed by atoms with Gasteiger partial charge in [0.2, 0.25) is 0 Å². The summed E-state index contributed by atoms with van der Waals surface area (Å²) in [7, 11) is 3.96. The third-order valence-corrected chi connectivity index (χ3v) is 3.11. The number of phenolic OH excluding ortho intramolecular Hbond substituents is 1. The van der Waals surface area contributed by atoms with E-state index in [-0.39, 0.29) is 23.6 Å². The van der Waals surface area contributed by atoms with Crippen LogP contribution in [0.1, 0.15) is 24.2 Å². The fourth-order valence-electron chi connectivity index (χ4n) is 2.11. The van der Waals surface area contributed by atoms with Crippen LogP contribution in [0.4, 0.5) is 4.39 Å². The second-order valence-electron chi connectivity index (χ2n) is 6.02. The molecule has 0 amide bonds. The van der Waals surface area contributed by atoms with Crippen LogP contribution in [0.5, 0.6) is 5.75 Å². The summed E-state index contributed by atoms with van der Waals surface area (Å²) < 4.78 is 13.2. The molecule has 0 radical (unpaired) electrons. The third-order valence-electron chi connectivity index (χ3n) is 3.11. The number of hydrogen-bond donors (Lipinski definition) is 1. The molecule has 0 saturated heterocycles. The third kappa shape index (κ3) is 6.23. The zero-order chi connectivity index (χ0) is 16.0. The highest BCUT2D eigenvalue weighted by Gasteiger charge is 2.17. The number of aromatic hydroxyl groups is 1. The smallest absolute Gasteiger partial charge is 0.180 e. The molecule has 21 heavy (non-hydrogen) atoms. The molecule has 0 spiro atoms. The molecule has 0 aliphatic rings. The Hall–Kier alpha value is -1.46. The number of likely N-dealkylation sites (N-methyl/N-ethyl adjacent to an activating group) is 1. The molecule has 1 rings (SSSR count). The first-order valence-corrected chi connectivity index (χ1v) is 7.18. The number of carbonyl (C=O) groups is 1. The molecule has 1 N–H and O–H groups in total. The van der Waals surface area contributed by atoms with Crippen molar-refractivity contribution >= 4 is 5.78 Å². The van der Waals surface area contributed by atoms with E-state index >= 15 is 0 Å². The minimum Gasteiger partial charge on any atom is -0.507 e. The van der Waals surface area contributed by atoms with Gasteiger partial charge in [-0.05, 0) is 38.2 Å². The summed E-state index contributed by atoms with van der Waals surface area (Å²) in [4.78, 5) is 16.4. The molecule has 118 valence electrons. The van der Waals surface area contributed by atoms with Crippen molar-refractivity contribution in [1.29, 1.82) is 0 Å². The Balaban J connectivity index is 2.76. The summed E-state index contributed by atoms with van der Waals surface area (Å²) in [5.41, 5.74) is 0.0496. The van der Waals surface area contributed by atoms with Crippen molar-refractivity contribution in [3.05, 3.63) is 29.6 Å². The number of phenols is 1. The van der Waals surface area contributed by atoms with Crippen molar-refractivity contribution in [2.75, 3.05) is 40.3 Å². The van der Waals surface area contributed by atoms with E-state index in [9.17, 15) is 14.3 Å². The van der Waals surface area contributed by atoms with Gasteiger partial charge in [-0.2, -0.15) is 0 Å². The van der Waals surface area contributed by atoms with E-state index in [4.69, 9.17) is 0 Å². The van der Waals surface area contributed by atoms with Crippen molar-refractivity contribution in [3.63, 3.8) is 0 Å². The topological polar surface area (TPSA) is 43.8 Å². The lowest BCUT2D eigenvalue weighted by Gasteiger charge is -2.25. The van der Waals surface area contributed by atoms with Crippen LogP contribution in [0.15, 0.2) is 18.2 Å². The molecular formula is C16H25FN2O2. The van der Waals surface area contributed by atoms with Crippen LogP contribution < -0.4 is 0 Å². The fourth-order valence-corrected chi connectivity index (χ4v) is 2.11. The van der Waals surface area contributed by atoms with Crippen molar-refractivity contribution < 1.29 is 14.3 Å². The lowest BCUT2D eigenvalue weighted by Crippen LogP contribution is -2.38. The average molecular weight is 296 g/mol. The van der Waals surface area contributed by atoms with Gasteiger partial charge < -0.3 is 10.0 Å². The Morgan fingerprint density at radius 1 is 1.29 bits per heavy atom. The molecule has 0 aromatic heterocycles. The largest absolute Gasteiger partial charge is 0.507 e. The van der Waals surface area contributed by atoms with E-state index in [0.717, 1.165) is 31.8 Å². The first-order valence-electron chi connectivity index (χ1n) is 7.18. The predicted molar refractivity (Wildman–Crippen MR) is 82.2 cm³/mol. The van der Waals surface area contributed by atoms with E-state index in [1.807, 2.05) is 19.0 Å². The van der Waals surface area contributed by atoms with E-state index < -0.39 is 5.82 Å². The SMILES string of the molecule is CC(C)CN(CCN(C)C)CC(=O)c1cc(F)ccc1O. The van der Waals surface area contributed by atoms with Gasteiger partial charge in [-0.25, -0.2) is 4.39 Å². The molecule has 0 aliphatic carbocycles. The summed E-state index contributed by atoms with van der Waals surface area (Å²) in [5, 5.41) is 9.70. The normalized spacial score (nSPS) is 11.6. The summed E-state index contributed by atoms with van der Waals surface area (Å²) in [6.07, 6.45) is 0. The number of nitrogens with zero attached hydrogens (tertiary/aromatic N) is 2. The van der Waals surface area contributed by atoms with Crippen LogP contribution in [0, 0.1) is 11.7 Å². The monoisotopic (exact) mass is 296 g/mol. The highest BCUT2D eigenvalue weighted by Crippen LogP contribution is 2.19. The predicted octanol–water partition coefficient (Wildman–Crippen LogP) is 2.23. The summed E-state index contributed by atoms with van der Waals surface area (Å²) >= 11 is 0. The molecule has 0 heterocycles. The van der Waals surface area contributed by atoms with Crippen molar-refractivity contribution in [1.82, 2.24) is 9.80 Å². The van der Waals surface area contributed by atoms with Crippen LogP contribution >= 0.6 is 0 Å². The second kappa shape index (κ2) is 8.10. The lowest BCUT2D eigenvalue weighted by atomic mass is 10.1. The Kier molecular flexibility index (Phi) is 6.78. The summed E-state index contributed by atoms with van der Waals surface area (Å²) in [6, 6.07) is 3.45. The zero-order valence-electron chi connectivity index (χ0n) is 13.3. The Bertz CT molecular complexity index is 475. The quantitative estimate of drug-likeness (QED) is 0.747. The zero-order valence-corrected chi connectivity index (χ0v) is 13.3. The minimum absolute atomic E-state index is 0.0496. The second-order valence-corrected chi connectivity index (χ2v) is 6.02. The highest BCUT2D eigenvalue weighted by atomic mass is 19.1. The Morgan fingerprint density at radius 3 is 2.52 bits per heavy atom. The van der Waals surface area contributed by atoms with Crippen LogP contribution in [-0.4, -0.2) is 61.0 Å². The van der Waals surface area contributed by atoms with Gasteiger partial charge in [-0.15, -0.1) is 0 Å². The van der Waals surface area contributed by atoms with Crippen LogP contribution in [0.2, 0.25) is 0 Å². The maximum Gasteiger partial charge on any atom is 0.180 e. The number of carbonyl (C=O) groups excluding carboxylic acids is 1. The van der Waals surface area contributed by atoms with Gasteiger partial charge in [0.25, 0.3) is 0 Å². The number of halogens is 1. The van der Waals surface area contributed by atoms with Crippen molar-refractivity contribution in [2.45, 2.75) is 13.8 Å². The van der Waals surface area contributed by atoms with Gasteiger partial charge >= 0.3 is 0 Å². The molecule has 1 aromatic carbocycles. The molecule has 0 aliphatic heterocycles. The number of Topliss-reactive ketones (excluding diaryl/α,β-unsaturated/α-hetero) is 1. The van der Waals surface area contributed by atoms with E-state index in [1.54, 1.807) is 0 Å². The van der Waals surface area contributed by atoms with Gasteiger partial charge in [0.15, 0.2) is 5.78 Å². The molecule has 5 heteroatoms. The van der Waals surface area contributed by atoms with Gasteiger partial charge in [-0.1, -0.05) is 13.8 Å². The molecular weight excluding hydrogens is 271 g/mol. The van der Waals surface area contributed by atoms with Crippen molar-refractivity contribution in [2.24, 2.45) is 5.92 Å². The fraction of sp³-hybridized carbons (Fsp3) is 0.562. The Morgan fingerprint density at radius 2 is 1.95 bits per heavy atom. The maximum absolute atomic E-state index is 13.2. The minimum atomic E-state index is -0.514. The van der Waals surface area contributed by atoms with Crippen molar-refractivity contribution in [3.8, 4) is 5.75 Å². The lowest BCUT2D eigenvalue weighted by molar-refractivity contribution is 0.0913. The highest BCUT2D eigenvalue weighted by molar-refractivity contribution is 6.00. The van der Waals surface area contributed by atoms with Crippen LogP contribution in [0.3, 0.4) is 0 Å². The van der Waals surface area contributed by atoms with Gasteiger partial charge in [0, 0.05) is 19.6 Å². The molecule has 0 saturated carbocycles. The molecule has 0 atom stereocenters. The standard InChI is InChI=1S/C16H25FN2O2/c1-12(2)10-19(8-7-18(3)4)11-16(21)14-9-13(17)5-6-15(14)20/h5-6,9,12,20H,7-8,10-11H2,1-4H3. The molecule has 0 bridgehead atoms. The molecule has 1 aromatic rings. The van der Waals surface area contributed by atoms with E-state index in [2.05, 4.69) is 18.7 Å². The van der Waals surface area contributed by atoms with E-state index in [0.29, 0.717) is 5.92 Å². The van der Waals surface area contributed by atoms with Gasteiger partial charge in [-0.3, -0.25) is 9.69 Å². The van der Waals surface area contributed by atoms with E-state index in [1.165, 1.54) is 6.07 Å². The first-order chi connectivity index (χ1) is 9.79. The average Bonchev–Trinajstić information content (AvgIpc) is 2.38. The van der Waals surface area contributed by atoms with Gasteiger partial charge in [0.1, 0.15) is 11.6 Å². The molecule has 0 unspecified atom stereocenters. The molecule has 0 fully saturated rings. The van der Waals surface area contributed by atoms with Crippen LogP contribution in [0.25, 0.3) is 0 Å². The molecule has 4 nitrogen and oxygen atoms in total. The summed E-state index contributed by atoms with van der Waals surface area (Å²) in [6.45, 7) is 6.75.